The summed E-state index contributed by atoms with van der Waals surface area (Å²) in [5.74, 6) is 1.80. The first-order valence-electron chi connectivity index (χ1n) is 13.8. The summed E-state index contributed by atoms with van der Waals surface area (Å²) in [6, 6.07) is 17.1. The maximum absolute atomic E-state index is 14.1. The summed E-state index contributed by atoms with van der Waals surface area (Å²) in [6.45, 7) is 7.41. The summed E-state index contributed by atoms with van der Waals surface area (Å²) in [5, 5.41) is 3.11. The number of para-hydroxylation sites is 1. The van der Waals surface area contributed by atoms with Crippen LogP contribution >= 0.6 is 0 Å². The lowest BCUT2D eigenvalue weighted by Crippen LogP contribution is -2.61. The average molecular weight is 486 g/mol. The molecule has 1 heterocycles. The van der Waals surface area contributed by atoms with E-state index < -0.39 is 0 Å². The number of piperazine rings is 1. The van der Waals surface area contributed by atoms with Crippen molar-refractivity contribution < 1.29 is 9.59 Å². The number of carbonyl (C=O) groups excluding carboxylic acids is 2. The molecule has 4 aliphatic carbocycles. The number of hydrogen-bond acceptors (Lipinski definition) is 3. The Morgan fingerprint density at radius 2 is 1.50 bits per heavy atom. The van der Waals surface area contributed by atoms with Crippen LogP contribution in [-0.2, 0) is 15.0 Å². The van der Waals surface area contributed by atoms with Crippen molar-refractivity contribution in [1.29, 1.82) is 0 Å². The lowest BCUT2D eigenvalue weighted by molar-refractivity contribution is -0.162. The van der Waals surface area contributed by atoms with Gasteiger partial charge in [0.05, 0.1) is 12.0 Å². The molecule has 1 N–H and O–H groups in total. The minimum atomic E-state index is -0.179. The summed E-state index contributed by atoms with van der Waals surface area (Å²) in [4.78, 5) is 31.2. The highest BCUT2D eigenvalue weighted by Gasteiger charge is 2.61. The molecule has 1 saturated heterocycles. The van der Waals surface area contributed by atoms with E-state index in [1.807, 2.05) is 32.0 Å². The monoisotopic (exact) mass is 485 g/mol. The summed E-state index contributed by atoms with van der Waals surface area (Å²) in [7, 11) is 0. The maximum atomic E-state index is 14.1. The molecule has 7 rings (SSSR count). The van der Waals surface area contributed by atoms with E-state index in [1.54, 1.807) is 0 Å². The molecule has 0 radical (unpaired) electrons. The van der Waals surface area contributed by atoms with E-state index in [-0.39, 0.29) is 16.7 Å². The zero-order chi connectivity index (χ0) is 24.9. The van der Waals surface area contributed by atoms with E-state index in [4.69, 9.17) is 0 Å². The molecule has 190 valence electrons. The molecule has 2 aromatic carbocycles. The van der Waals surface area contributed by atoms with E-state index in [2.05, 4.69) is 45.4 Å². The van der Waals surface area contributed by atoms with Crippen LogP contribution in [0.2, 0.25) is 0 Å². The van der Waals surface area contributed by atoms with Crippen molar-refractivity contribution in [2.24, 2.45) is 17.3 Å². The van der Waals surface area contributed by atoms with E-state index in [1.165, 1.54) is 24.8 Å². The smallest absolute Gasteiger partial charge is 0.238 e. The highest BCUT2D eigenvalue weighted by molar-refractivity contribution is 5.93. The summed E-state index contributed by atoms with van der Waals surface area (Å²) in [5.41, 5.74) is 4.56. The van der Waals surface area contributed by atoms with Gasteiger partial charge >= 0.3 is 0 Å². The van der Waals surface area contributed by atoms with Crippen molar-refractivity contribution in [2.45, 2.75) is 57.8 Å². The van der Waals surface area contributed by atoms with Crippen LogP contribution in [0.1, 0.15) is 55.2 Å². The summed E-state index contributed by atoms with van der Waals surface area (Å²) >= 11 is 0. The van der Waals surface area contributed by atoms with E-state index >= 15 is 0 Å². The molecule has 5 fully saturated rings. The second kappa shape index (κ2) is 9.02. The number of carbonyl (C=O) groups is 2. The number of anilines is 1. The fourth-order valence-electron chi connectivity index (χ4n) is 8.48. The van der Waals surface area contributed by atoms with Gasteiger partial charge in [0.15, 0.2) is 0 Å². The molecule has 5 nitrogen and oxygen atoms in total. The summed E-state index contributed by atoms with van der Waals surface area (Å²) in [6.07, 6.45) is 7.00. The van der Waals surface area contributed by atoms with Crippen molar-refractivity contribution in [2.75, 3.05) is 38.0 Å². The molecule has 36 heavy (non-hydrogen) atoms. The van der Waals surface area contributed by atoms with E-state index in [0.29, 0.717) is 24.3 Å². The summed E-state index contributed by atoms with van der Waals surface area (Å²) < 4.78 is 0. The van der Waals surface area contributed by atoms with Gasteiger partial charge in [0.25, 0.3) is 0 Å². The normalized spacial score (nSPS) is 31.4. The molecular formula is C31H39N3O2. The van der Waals surface area contributed by atoms with Gasteiger partial charge in [0, 0.05) is 31.9 Å². The number of hydrogen-bond donors (Lipinski definition) is 1. The number of rotatable bonds is 5. The SMILES string of the molecule is Cc1cccc(C)c1NC(=O)CN1CCN(C(=O)C23C[C@H]4C[C@H](C2)CC(c2ccccc2)(C4)C3)CC1. The molecule has 2 amide bonds. The lowest BCUT2D eigenvalue weighted by atomic mass is 9.42. The Morgan fingerprint density at radius 1 is 0.861 bits per heavy atom. The minimum Gasteiger partial charge on any atom is -0.340 e. The van der Waals surface area contributed by atoms with Crippen molar-refractivity contribution in [1.82, 2.24) is 9.80 Å². The molecule has 4 bridgehead atoms. The van der Waals surface area contributed by atoms with Crippen LogP contribution in [0.4, 0.5) is 5.69 Å². The topological polar surface area (TPSA) is 52.7 Å². The Kier molecular flexibility index (Phi) is 5.94. The molecule has 5 heteroatoms. The molecule has 0 spiro atoms. The Morgan fingerprint density at radius 3 is 2.14 bits per heavy atom. The molecular weight excluding hydrogens is 446 g/mol. The van der Waals surface area contributed by atoms with E-state index in [0.717, 1.165) is 62.3 Å². The maximum Gasteiger partial charge on any atom is 0.238 e. The van der Waals surface area contributed by atoms with Gasteiger partial charge in [0.2, 0.25) is 11.8 Å². The number of amides is 2. The van der Waals surface area contributed by atoms with Gasteiger partial charge < -0.3 is 10.2 Å². The van der Waals surface area contributed by atoms with Gasteiger partial charge in [-0.15, -0.1) is 0 Å². The van der Waals surface area contributed by atoms with Crippen molar-refractivity contribution in [3.63, 3.8) is 0 Å². The quantitative estimate of drug-likeness (QED) is 0.654. The largest absolute Gasteiger partial charge is 0.340 e. The van der Waals surface area contributed by atoms with Crippen LogP contribution in [0.5, 0.6) is 0 Å². The predicted octanol–water partition coefficient (Wildman–Crippen LogP) is 4.92. The van der Waals surface area contributed by atoms with Crippen LogP contribution in [0.25, 0.3) is 0 Å². The number of nitrogens with one attached hydrogen (secondary N) is 1. The zero-order valence-corrected chi connectivity index (χ0v) is 21.8. The predicted molar refractivity (Wildman–Crippen MR) is 143 cm³/mol. The highest BCUT2D eigenvalue weighted by Crippen LogP contribution is 2.66. The van der Waals surface area contributed by atoms with Gasteiger partial charge in [0.1, 0.15) is 0 Å². The third kappa shape index (κ3) is 4.15. The van der Waals surface area contributed by atoms with Crippen LogP contribution in [0.15, 0.2) is 48.5 Å². The van der Waals surface area contributed by atoms with Crippen molar-refractivity contribution in [3.05, 3.63) is 65.2 Å². The Balaban J connectivity index is 1.10. The first-order valence-corrected chi connectivity index (χ1v) is 13.8. The van der Waals surface area contributed by atoms with Crippen LogP contribution in [-0.4, -0.2) is 54.3 Å². The van der Waals surface area contributed by atoms with Crippen LogP contribution < -0.4 is 5.32 Å². The van der Waals surface area contributed by atoms with E-state index in [9.17, 15) is 9.59 Å². The molecule has 4 saturated carbocycles. The second-order valence-electron chi connectivity index (χ2n) is 12.3. The van der Waals surface area contributed by atoms with Crippen LogP contribution in [0, 0.1) is 31.1 Å². The van der Waals surface area contributed by atoms with Gasteiger partial charge in [-0.1, -0.05) is 48.5 Å². The Labute approximate surface area is 215 Å². The number of aryl methyl sites for hydroxylation is 2. The van der Waals surface area contributed by atoms with Crippen LogP contribution in [0.3, 0.4) is 0 Å². The third-order valence-corrected chi connectivity index (χ3v) is 9.67. The van der Waals surface area contributed by atoms with Crippen molar-refractivity contribution >= 4 is 17.5 Å². The zero-order valence-electron chi connectivity index (χ0n) is 21.8. The average Bonchev–Trinajstić information content (AvgIpc) is 2.86. The lowest BCUT2D eigenvalue weighted by Gasteiger charge is -2.62. The molecule has 1 aliphatic heterocycles. The second-order valence-corrected chi connectivity index (χ2v) is 12.3. The van der Waals surface area contributed by atoms with Gasteiger partial charge in [-0.2, -0.15) is 0 Å². The van der Waals surface area contributed by atoms with Crippen molar-refractivity contribution in [3.8, 4) is 0 Å². The van der Waals surface area contributed by atoms with Gasteiger partial charge in [-0.3, -0.25) is 14.5 Å². The third-order valence-electron chi connectivity index (χ3n) is 9.67. The molecule has 2 atom stereocenters. The van der Waals surface area contributed by atoms with Gasteiger partial charge in [-0.05, 0) is 86.3 Å². The highest BCUT2D eigenvalue weighted by atomic mass is 16.2. The number of benzene rings is 2. The fraction of sp³-hybridized carbons (Fsp3) is 0.548. The van der Waals surface area contributed by atoms with Gasteiger partial charge in [-0.25, -0.2) is 0 Å². The number of nitrogens with zero attached hydrogens (tertiary/aromatic N) is 2. The Hall–Kier alpha value is -2.66. The first-order chi connectivity index (χ1) is 17.4. The first kappa shape index (κ1) is 23.7. The molecule has 0 aromatic heterocycles. The minimum absolute atomic E-state index is 0.0260. The Bertz CT molecular complexity index is 1120. The molecule has 5 aliphatic rings. The molecule has 2 aromatic rings. The molecule has 0 unspecified atom stereocenters. The standard InChI is InChI=1S/C31H39N3O2/c1-22-7-6-8-23(2)28(22)32-27(35)20-33-11-13-34(14-12-33)29(36)31-18-24-15-25(19-31)17-30(16-24,21-31)26-9-4-3-5-10-26/h3-10,24-25H,11-21H2,1-2H3,(H,32,35)/t24-,25-,30?,31?/m0/s1. The fourth-order valence-corrected chi connectivity index (χ4v) is 8.48.